The summed E-state index contributed by atoms with van der Waals surface area (Å²) in [6.45, 7) is 6.68. The van der Waals surface area contributed by atoms with E-state index < -0.39 is 6.10 Å². The molecule has 0 aromatic rings. The molecule has 1 atom stereocenters. The molecule has 0 saturated heterocycles. The number of esters is 3. The Morgan fingerprint density at radius 3 is 0.746 bits per heavy atom. The highest BCUT2D eigenvalue weighted by molar-refractivity contribution is 5.71. The number of ether oxygens (including phenoxy) is 3. The highest BCUT2D eigenvalue weighted by Crippen LogP contribution is 2.17. The first kappa shape index (κ1) is 65.1. The lowest BCUT2D eigenvalue weighted by molar-refractivity contribution is -0.167. The maximum absolute atomic E-state index is 12.8. The molecule has 0 aromatic heterocycles. The second kappa shape index (κ2) is 56.7. The quantitative estimate of drug-likeness (QED) is 0.0262. The van der Waals surface area contributed by atoms with Gasteiger partial charge in [0.2, 0.25) is 0 Å². The Morgan fingerprint density at radius 2 is 0.493 bits per heavy atom. The molecule has 6 nitrogen and oxygen atoms in total. The number of hydrogen-bond acceptors (Lipinski definition) is 6. The van der Waals surface area contributed by atoms with Crippen molar-refractivity contribution in [3.63, 3.8) is 0 Å². The zero-order valence-electron chi connectivity index (χ0n) is 45.5. The summed E-state index contributed by atoms with van der Waals surface area (Å²) in [4.78, 5) is 38.1. The average Bonchev–Trinajstić information content (AvgIpc) is 3.33. The SMILES string of the molecule is CCCCCCCCC/C=C\CCCCCCCC(=O)OC(COC(=O)CCCCCCCCCCCCC)COC(=O)CCCCCCCCCCCCCCCCCCCCCCCC. The van der Waals surface area contributed by atoms with Crippen molar-refractivity contribution in [2.24, 2.45) is 0 Å². The van der Waals surface area contributed by atoms with Gasteiger partial charge in [0.25, 0.3) is 0 Å². The van der Waals surface area contributed by atoms with Crippen LogP contribution in [0.4, 0.5) is 0 Å². The molecule has 0 amide bonds. The normalized spacial score (nSPS) is 12.0. The predicted octanol–water partition coefficient (Wildman–Crippen LogP) is 20.1. The average molecular weight is 946 g/mol. The monoisotopic (exact) mass is 945 g/mol. The van der Waals surface area contributed by atoms with E-state index >= 15 is 0 Å². The molecule has 0 aliphatic rings. The Hall–Kier alpha value is -1.85. The molecule has 0 aromatic carbocycles. The molecule has 0 heterocycles. The summed E-state index contributed by atoms with van der Waals surface area (Å²) in [7, 11) is 0. The minimum atomic E-state index is -0.768. The van der Waals surface area contributed by atoms with Gasteiger partial charge >= 0.3 is 17.9 Å². The molecule has 0 rings (SSSR count). The Bertz CT molecular complexity index is 1040. The molecule has 396 valence electrons. The van der Waals surface area contributed by atoms with E-state index in [0.717, 1.165) is 64.2 Å². The first-order valence-corrected chi connectivity index (χ1v) is 30.2. The van der Waals surface area contributed by atoms with Crippen LogP contribution in [0.15, 0.2) is 12.2 Å². The molecule has 67 heavy (non-hydrogen) atoms. The molecule has 0 aliphatic heterocycles. The zero-order chi connectivity index (χ0) is 48.6. The fourth-order valence-electron chi connectivity index (χ4n) is 9.21. The fourth-order valence-corrected chi connectivity index (χ4v) is 9.21. The van der Waals surface area contributed by atoms with Crippen molar-refractivity contribution < 1.29 is 28.6 Å². The van der Waals surface area contributed by atoms with Crippen LogP contribution in [0.25, 0.3) is 0 Å². The van der Waals surface area contributed by atoms with E-state index in [1.54, 1.807) is 0 Å². The zero-order valence-corrected chi connectivity index (χ0v) is 45.5. The van der Waals surface area contributed by atoms with Gasteiger partial charge in [0.1, 0.15) is 13.2 Å². The highest BCUT2D eigenvalue weighted by Gasteiger charge is 2.19. The van der Waals surface area contributed by atoms with E-state index in [-0.39, 0.29) is 31.1 Å². The number of carbonyl (C=O) groups excluding carboxylic acids is 3. The van der Waals surface area contributed by atoms with E-state index in [2.05, 4.69) is 32.9 Å². The first-order chi connectivity index (χ1) is 33.0. The lowest BCUT2D eigenvalue weighted by Gasteiger charge is -2.18. The van der Waals surface area contributed by atoms with Gasteiger partial charge in [0, 0.05) is 19.3 Å². The van der Waals surface area contributed by atoms with E-state index in [1.807, 2.05) is 0 Å². The van der Waals surface area contributed by atoms with Crippen LogP contribution in [0.2, 0.25) is 0 Å². The van der Waals surface area contributed by atoms with Crippen LogP contribution in [0, 0.1) is 0 Å². The molecule has 0 aliphatic carbocycles. The van der Waals surface area contributed by atoms with E-state index in [1.165, 1.54) is 238 Å². The number of rotatable bonds is 56. The number of carbonyl (C=O) groups is 3. The maximum Gasteiger partial charge on any atom is 0.306 e. The van der Waals surface area contributed by atoms with Crippen molar-refractivity contribution in [1.82, 2.24) is 0 Å². The third kappa shape index (κ3) is 55.0. The first-order valence-electron chi connectivity index (χ1n) is 30.2. The Kier molecular flexibility index (Phi) is 55.2. The summed E-state index contributed by atoms with van der Waals surface area (Å²) in [5.74, 6) is -0.852. The van der Waals surface area contributed by atoms with Crippen molar-refractivity contribution in [3.8, 4) is 0 Å². The lowest BCUT2D eigenvalue weighted by Crippen LogP contribution is -2.30. The highest BCUT2D eigenvalue weighted by atomic mass is 16.6. The minimum absolute atomic E-state index is 0.0674. The number of unbranched alkanes of at least 4 members (excludes halogenated alkanes) is 43. The molecule has 1 unspecified atom stereocenters. The molecule has 0 saturated carbocycles. The minimum Gasteiger partial charge on any atom is -0.462 e. The summed E-state index contributed by atoms with van der Waals surface area (Å²) < 4.78 is 16.9. The third-order valence-electron chi connectivity index (χ3n) is 13.8. The topological polar surface area (TPSA) is 78.9 Å². The van der Waals surface area contributed by atoms with Gasteiger partial charge in [-0.25, -0.2) is 0 Å². The van der Waals surface area contributed by atoms with E-state index in [0.29, 0.717) is 19.3 Å². The summed E-state index contributed by atoms with van der Waals surface area (Å²) in [5.41, 5.74) is 0. The molecular weight excluding hydrogens is 829 g/mol. The van der Waals surface area contributed by atoms with Crippen LogP contribution < -0.4 is 0 Å². The van der Waals surface area contributed by atoms with Crippen molar-refractivity contribution >= 4 is 17.9 Å². The molecule has 0 radical (unpaired) electrons. The van der Waals surface area contributed by atoms with Gasteiger partial charge in [-0.1, -0.05) is 290 Å². The van der Waals surface area contributed by atoms with E-state index in [9.17, 15) is 14.4 Å². The Morgan fingerprint density at radius 1 is 0.284 bits per heavy atom. The summed E-state index contributed by atoms with van der Waals surface area (Å²) >= 11 is 0. The van der Waals surface area contributed by atoms with Crippen LogP contribution >= 0.6 is 0 Å². The van der Waals surface area contributed by atoms with Crippen molar-refractivity contribution in [2.75, 3.05) is 13.2 Å². The summed E-state index contributed by atoms with van der Waals surface area (Å²) in [6.07, 6.45) is 65.0. The van der Waals surface area contributed by atoms with Crippen LogP contribution in [-0.2, 0) is 28.6 Å². The van der Waals surface area contributed by atoms with Crippen molar-refractivity contribution in [2.45, 2.75) is 348 Å². The lowest BCUT2D eigenvalue weighted by atomic mass is 10.0. The van der Waals surface area contributed by atoms with E-state index in [4.69, 9.17) is 14.2 Å². The second-order valence-electron chi connectivity index (χ2n) is 20.6. The van der Waals surface area contributed by atoms with Gasteiger partial charge in [0.05, 0.1) is 0 Å². The Labute approximate surface area is 418 Å². The van der Waals surface area contributed by atoms with Crippen LogP contribution in [0.1, 0.15) is 342 Å². The van der Waals surface area contributed by atoms with Gasteiger partial charge < -0.3 is 14.2 Å². The maximum atomic E-state index is 12.8. The molecule has 0 fully saturated rings. The third-order valence-corrected chi connectivity index (χ3v) is 13.8. The summed E-state index contributed by atoms with van der Waals surface area (Å²) in [6, 6.07) is 0. The Balaban J connectivity index is 4.22. The smallest absolute Gasteiger partial charge is 0.306 e. The van der Waals surface area contributed by atoms with Crippen molar-refractivity contribution in [3.05, 3.63) is 12.2 Å². The predicted molar refractivity (Wildman–Crippen MR) is 289 cm³/mol. The standard InChI is InChI=1S/C61H116O6/c1-4-7-10-13-16-19-22-24-26-28-29-30-31-32-33-35-36-39-42-45-48-51-54-60(63)66-57-58(56-65-59(62)53-50-47-44-41-38-21-18-15-12-9-6-3)67-61(64)55-52-49-46-43-40-37-34-27-25-23-20-17-14-11-8-5-2/h27,34,58H,4-26,28-33,35-57H2,1-3H3/b34-27-. The molecule has 0 bridgehead atoms. The van der Waals surface area contributed by atoms with Crippen LogP contribution in [-0.4, -0.2) is 37.2 Å². The molecular formula is C61H116O6. The number of allylic oxidation sites excluding steroid dienone is 2. The molecule has 6 heteroatoms. The molecule has 0 N–H and O–H groups in total. The largest absolute Gasteiger partial charge is 0.462 e. The van der Waals surface area contributed by atoms with Gasteiger partial charge in [0.15, 0.2) is 6.10 Å². The second-order valence-corrected chi connectivity index (χ2v) is 20.6. The fraction of sp³-hybridized carbons (Fsp3) is 0.918. The van der Waals surface area contributed by atoms with Gasteiger partial charge in [-0.2, -0.15) is 0 Å². The molecule has 0 spiro atoms. The van der Waals surface area contributed by atoms with Gasteiger partial charge in [-0.3, -0.25) is 14.4 Å². The van der Waals surface area contributed by atoms with Crippen molar-refractivity contribution in [1.29, 1.82) is 0 Å². The summed E-state index contributed by atoms with van der Waals surface area (Å²) in [5, 5.41) is 0. The van der Waals surface area contributed by atoms with Gasteiger partial charge in [-0.15, -0.1) is 0 Å². The number of hydrogen-bond donors (Lipinski definition) is 0. The van der Waals surface area contributed by atoms with Crippen LogP contribution in [0.3, 0.4) is 0 Å². The van der Waals surface area contributed by atoms with Gasteiger partial charge in [-0.05, 0) is 44.9 Å². The van der Waals surface area contributed by atoms with Crippen LogP contribution in [0.5, 0.6) is 0 Å².